The minimum atomic E-state index is -4.90. The summed E-state index contributed by atoms with van der Waals surface area (Å²) in [7, 11) is -2.01. The summed E-state index contributed by atoms with van der Waals surface area (Å²) in [6.45, 7) is 5.63. The van der Waals surface area contributed by atoms with Gasteiger partial charge in [0, 0.05) is 29.6 Å². The number of carbonyl (C=O) groups is 2. The van der Waals surface area contributed by atoms with Gasteiger partial charge in [-0.15, -0.1) is 0 Å². The molecular weight excluding hydrogens is 864 g/mol. The van der Waals surface area contributed by atoms with E-state index in [1.54, 1.807) is 6.92 Å². The molecule has 5 rings (SSSR count). The van der Waals surface area contributed by atoms with Crippen molar-refractivity contribution >= 4 is 41.4 Å². The van der Waals surface area contributed by atoms with Crippen LogP contribution in [0.4, 0.5) is 4.79 Å². The molecule has 3 aliphatic rings. The topological polar surface area (TPSA) is 281 Å². The first-order chi connectivity index (χ1) is 28.9. The zero-order chi connectivity index (χ0) is 44.5. The first kappa shape index (κ1) is 49.6. The third kappa shape index (κ3) is 13.3. The number of alkyl carbamates (subject to hydrolysis) is 1. The molecule has 0 radical (unpaired) electrons. The van der Waals surface area contributed by atoms with Gasteiger partial charge in [0.15, 0.2) is 12.6 Å². The number of carbonyl (C=O) groups excluding carboxylic acids is 2. The number of hydrogen-bond donors (Lipinski definition) is 9. The number of ether oxygens (including phenoxy) is 5. The highest BCUT2D eigenvalue weighted by atomic mass is 33.1. The molecule has 342 valence electrons. The quantitative estimate of drug-likeness (QED) is 0.0515. The minimum Gasteiger partial charge on any atom is -0.449 e. The van der Waals surface area contributed by atoms with Crippen LogP contribution in [0.2, 0.25) is 0 Å². The normalized spacial score (nSPS) is 29.2. The van der Waals surface area contributed by atoms with Gasteiger partial charge < -0.3 is 69.9 Å². The van der Waals surface area contributed by atoms with E-state index in [1.807, 2.05) is 69.3 Å². The zero-order valence-electron chi connectivity index (χ0n) is 34.2. The molecule has 1 unspecified atom stereocenters. The Morgan fingerprint density at radius 1 is 0.836 bits per heavy atom. The molecule has 2 saturated heterocycles. The third-order valence-electron chi connectivity index (χ3n) is 9.82. The predicted octanol–water partition coefficient (Wildman–Crippen LogP) is 1.38. The first-order valence-corrected chi connectivity index (χ1v) is 23.7. The summed E-state index contributed by atoms with van der Waals surface area (Å²) in [4.78, 5) is 36.8. The van der Waals surface area contributed by atoms with Crippen LogP contribution in [0.1, 0.15) is 51.2 Å². The van der Waals surface area contributed by atoms with E-state index in [0.717, 1.165) is 22.3 Å². The molecule has 1 aliphatic carbocycles. The molecule has 2 amide bonds. The molecule has 12 atom stereocenters. The van der Waals surface area contributed by atoms with Crippen LogP contribution in [0.25, 0.3) is 11.1 Å². The number of phosphoric ester groups is 1. The molecule has 22 heteroatoms. The maximum absolute atomic E-state index is 13.3. The van der Waals surface area contributed by atoms with Gasteiger partial charge in [-0.1, -0.05) is 97.8 Å². The van der Waals surface area contributed by atoms with Crippen LogP contribution >= 0.6 is 29.4 Å². The van der Waals surface area contributed by atoms with Gasteiger partial charge in [0.25, 0.3) is 0 Å². The van der Waals surface area contributed by atoms with Crippen LogP contribution in [-0.2, 0) is 42.1 Å². The van der Waals surface area contributed by atoms with Gasteiger partial charge in [0.05, 0.1) is 19.8 Å². The van der Waals surface area contributed by atoms with Crippen molar-refractivity contribution in [1.82, 2.24) is 10.6 Å². The lowest BCUT2D eigenvalue weighted by Crippen LogP contribution is -2.64. The predicted molar refractivity (Wildman–Crippen MR) is 222 cm³/mol. The summed E-state index contributed by atoms with van der Waals surface area (Å²) in [5.74, 6) is -0.636. The zero-order valence-corrected chi connectivity index (χ0v) is 36.7. The summed E-state index contributed by atoms with van der Waals surface area (Å²) in [5.41, 5.74) is 4.19. The molecule has 19 nitrogen and oxygen atoms in total. The van der Waals surface area contributed by atoms with E-state index in [-0.39, 0.29) is 36.2 Å². The van der Waals surface area contributed by atoms with Gasteiger partial charge in [-0.2, -0.15) is 0 Å². The van der Waals surface area contributed by atoms with E-state index in [1.165, 1.54) is 21.6 Å². The molecule has 2 aromatic rings. The van der Waals surface area contributed by atoms with Crippen LogP contribution in [0.5, 0.6) is 0 Å². The standard InChI is InChI=1S/C39H57N2O17PS2/c1-5-15-52-37-34(32(46)29(43)27(17-42)56-37)58-36-33(47)31(45)30(44)28(57-36)19-55-59(50,51)54-16-14-40-35(48)26(20-60-61-39(2,3)4)41-38(49)53-18-25-23-12-8-6-10-21(23)22-11-7-9-13-24(22)25/h6-13,25-34,36-37,42-47H,5,14-20H2,1-4H3,(H,40,48)(H,41,49)(H,50,51)/t26-,27+,28+,29+,30+,31-,32-,33-,34-,36+,37-/m0/s1. The van der Waals surface area contributed by atoms with Crippen molar-refractivity contribution in [1.29, 1.82) is 0 Å². The Morgan fingerprint density at radius 2 is 1.46 bits per heavy atom. The lowest BCUT2D eigenvalue weighted by molar-refractivity contribution is -0.367. The average Bonchev–Trinajstić information content (AvgIpc) is 3.55. The van der Waals surface area contributed by atoms with E-state index in [2.05, 4.69) is 10.6 Å². The molecule has 61 heavy (non-hydrogen) atoms. The Hall–Kier alpha value is -2.41. The SMILES string of the molecule is CCCO[C@H]1O[C@H](CO)[C@@H](O)[C@H](O)[C@@H]1O[C@H]1O[C@H](COP(=O)(O)OCCNC(=O)[C@H](CSSC(C)(C)C)NC(=O)OCC2c3ccccc3-c3ccccc32)[C@@H](O)[C@H](O)[C@@H]1O. The Balaban J connectivity index is 1.11. The fourth-order valence-corrected chi connectivity index (χ4v) is 10.00. The van der Waals surface area contributed by atoms with Crippen LogP contribution in [0.15, 0.2) is 48.5 Å². The fraction of sp³-hybridized carbons (Fsp3) is 0.641. The molecule has 2 fully saturated rings. The van der Waals surface area contributed by atoms with E-state index >= 15 is 0 Å². The summed E-state index contributed by atoms with van der Waals surface area (Å²) >= 11 is 0. The van der Waals surface area contributed by atoms with Crippen LogP contribution in [0, 0.1) is 0 Å². The molecule has 2 heterocycles. The van der Waals surface area contributed by atoms with Gasteiger partial charge in [0.2, 0.25) is 5.91 Å². The maximum Gasteiger partial charge on any atom is 0.472 e. The van der Waals surface area contributed by atoms with E-state index in [0.29, 0.717) is 6.42 Å². The van der Waals surface area contributed by atoms with E-state index in [9.17, 15) is 49.7 Å². The smallest absolute Gasteiger partial charge is 0.449 e. The molecular formula is C39H57N2O17PS2. The molecule has 2 aromatic carbocycles. The number of rotatable bonds is 20. The molecule has 0 spiro atoms. The second-order valence-corrected chi connectivity index (χ2v) is 20.2. The number of phosphoric acid groups is 1. The largest absolute Gasteiger partial charge is 0.472 e. The Labute approximate surface area is 361 Å². The molecule has 0 bridgehead atoms. The van der Waals surface area contributed by atoms with Crippen molar-refractivity contribution in [2.24, 2.45) is 0 Å². The van der Waals surface area contributed by atoms with Gasteiger partial charge in [-0.25, -0.2) is 9.36 Å². The van der Waals surface area contributed by atoms with Crippen LogP contribution in [0.3, 0.4) is 0 Å². The lowest BCUT2D eigenvalue weighted by Gasteiger charge is -2.46. The maximum atomic E-state index is 13.3. The Bertz CT molecular complexity index is 1750. The van der Waals surface area contributed by atoms with Crippen LogP contribution < -0.4 is 10.6 Å². The van der Waals surface area contributed by atoms with Gasteiger partial charge in [0.1, 0.15) is 61.5 Å². The highest BCUT2D eigenvalue weighted by Crippen LogP contribution is 2.45. The Kier molecular flexibility index (Phi) is 18.3. The van der Waals surface area contributed by atoms with Crippen molar-refractivity contribution in [3.63, 3.8) is 0 Å². The van der Waals surface area contributed by atoms with Crippen LogP contribution in [-0.4, -0.2) is 165 Å². The van der Waals surface area contributed by atoms with Crippen molar-refractivity contribution in [3.05, 3.63) is 59.7 Å². The molecule has 2 aliphatic heterocycles. The van der Waals surface area contributed by atoms with Crippen molar-refractivity contribution in [2.45, 2.75) is 112 Å². The van der Waals surface area contributed by atoms with Crippen molar-refractivity contribution in [2.75, 3.05) is 45.3 Å². The average molecular weight is 921 g/mol. The lowest BCUT2D eigenvalue weighted by atomic mass is 9.97. The Morgan fingerprint density at radius 3 is 2.08 bits per heavy atom. The number of hydrogen-bond acceptors (Lipinski definition) is 18. The van der Waals surface area contributed by atoms with Gasteiger partial charge in [-0.3, -0.25) is 13.8 Å². The number of aliphatic hydroxyl groups excluding tert-OH is 6. The molecule has 9 N–H and O–H groups in total. The van der Waals surface area contributed by atoms with Gasteiger partial charge in [-0.05, 0) is 28.7 Å². The van der Waals surface area contributed by atoms with E-state index < -0.39 is 107 Å². The number of fused-ring (bicyclic) bond motifs is 3. The first-order valence-electron chi connectivity index (χ1n) is 19.9. The monoisotopic (exact) mass is 920 g/mol. The third-order valence-corrected chi connectivity index (χ3v) is 14.2. The highest BCUT2D eigenvalue weighted by Gasteiger charge is 2.51. The summed E-state index contributed by atoms with van der Waals surface area (Å²) in [6, 6.07) is 14.7. The van der Waals surface area contributed by atoms with Crippen molar-refractivity contribution < 1.29 is 82.4 Å². The summed E-state index contributed by atoms with van der Waals surface area (Å²) < 4.78 is 50.6. The minimum absolute atomic E-state index is 0.0386. The fourth-order valence-electron chi connectivity index (χ4n) is 6.80. The number of benzene rings is 2. The number of aliphatic hydroxyl groups is 6. The second kappa shape index (κ2) is 22.5. The highest BCUT2D eigenvalue weighted by molar-refractivity contribution is 8.77. The molecule has 0 aromatic heterocycles. The van der Waals surface area contributed by atoms with E-state index in [4.69, 9.17) is 32.7 Å². The number of nitrogens with one attached hydrogen (secondary N) is 2. The molecule has 0 saturated carbocycles. The summed E-state index contributed by atoms with van der Waals surface area (Å²) in [6.07, 6.45) is -16.8. The summed E-state index contributed by atoms with van der Waals surface area (Å²) in [5, 5.41) is 67.7. The van der Waals surface area contributed by atoms with Crippen molar-refractivity contribution in [3.8, 4) is 11.1 Å². The second-order valence-electron chi connectivity index (χ2n) is 15.6. The number of amides is 2. The van der Waals surface area contributed by atoms with Gasteiger partial charge >= 0.3 is 13.9 Å².